The van der Waals surface area contributed by atoms with E-state index in [1.807, 2.05) is 0 Å². The Hall–Kier alpha value is -0.630. The zero-order chi connectivity index (χ0) is 11.5. The molecule has 1 aliphatic carbocycles. The van der Waals surface area contributed by atoms with Crippen molar-refractivity contribution in [1.29, 1.82) is 0 Å². The summed E-state index contributed by atoms with van der Waals surface area (Å²) in [7, 11) is 0. The normalized spacial score (nSPS) is 25.7. The molecular weight excluding hydrogens is 230 g/mol. The molecule has 16 heavy (non-hydrogen) atoms. The van der Waals surface area contributed by atoms with Gasteiger partial charge < -0.3 is 0 Å². The Morgan fingerprint density at radius 1 is 1.25 bits per heavy atom. The van der Waals surface area contributed by atoms with Crippen LogP contribution in [0, 0.1) is 17.6 Å². The summed E-state index contributed by atoms with van der Waals surface area (Å²) in [5, 5.41) is 0.204. The maximum atomic E-state index is 13.4. The molecule has 1 aliphatic rings. The van der Waals surface area contributed by atoms with Gasteiger partial charge in [-0.25, -0.2) is 8.78 Å². The molecule has 0 spiro atoms. The number of rotatable bonds is 2. The van der Waals surface area contributed by atoms with Crippen molar-refractivity contribution >= 4 is 11.6 Å². The summed E-state index contributed by atoms with van der Waals surface area (Å²) in [5.74, 6) is -0.278. The largest absolute Gasteiger partial charge is 0.207 e. The molecule has 0 radical (unpaired) electrons. The standard InChI is InChI=1S/C13H15ClF2/c14-11-3-1-2-9(7-11)6-10-8-12(15)4-5-13(10)16/h4-5,8-9,11H,1-3,6-7H2. The summed E-state index contributed by atoms with van der Waals surface area (Å²) in [6, 6.07) is 3.66. The molecule has 0 nitrogen and oxygen atoms in total. The second-order valence-corrected chi connectivity index (χ2v) is 5.19. The second kappa shape index (κ2) is 5.13. The number of halogens is 3. The third-order valence-electron chi connectivity index (χ3n) is 3.24. The Balaban J connectivity index is 2.05. The average molecular weight is 245 g/mol. The zero-order valence-electron chi connectivity index (χ0n) is 9.06. The first-order chi connectivity index (χ1) is 7.65. The lowest BCUT2D eigenvalue weighted by Crippen LogP contribution is -2.17. The Bertz CT molecular complexity index is 365. The van der Waals surface area contributed by atoms with Crippen molar-refractivity contribution in [3.63, 3.8) is 0 Å². The first kappa shape index (κ1) is 11.8. The molecule has 0 bridgehead atoms. The molecule has 0 amide bonds. The van der Waals surface area contributed by atoms with E-state index in [0.29, 0.717) is 17.9 Å². The Morgan fingerprint density at radius 3 is 2.81 bits per heavy atom. The highest BCUT2D eigenvalue weighted by molar-refractivity contribution is 6.20. The molecule has 3 heteroatoms. The maximum Gasteiger partial charge on any atom is 0.126 e. The molecule has 1 saturated carbocycles. The summed E-state index contributed by atoms with van der Waals surface area (Å²) in [6.07, 6.45) is 4.73. The highest BCUT2D eigenvalue weighted by Gasteiger charge is 2.21. The van der Waals surface area contributed by atoms with Gasteiger partial charge in [0.15, 0.2) is 0 Å². The molecule has 0 saturated heterocycles. The Kier molecular flexibility index (Phi) is 3.80. The van der Waals surface area contributed by atoms with Crippen LogP contribution in [-0.2, 0) is 6.42 Å². The highest BCUT2D eigenvalue weighted by Crippen LogP contribution is 2.30. The average Bonchev–Trinajstić information content (AvgIpc) is 2.24. The third-order valence-corrected chi connectivity index (χ3v) is 3.63. The minimum Gasteiger partial charge on any atom is -0.207 e. The van der Waals surface area contributed by atoms with Crippen molar-refractivity contribution < 1.29 is 8.78 Å². The van der Waals surface area contributed by atoms with Crippen molar-refractivity contribution in [2.75, 3.05) is 0 Å². The quantitative estimate of drug-likeness (QED) is 0.681. The van der Waals surface area contributed by atoms with Crippen LogP contribution in [0.5, 0.6) is 0 Å². The van der Waals surface area contributed by atoms with E-state index in [4.69, 9.17) is 11.6 Å². The van der Waals surface area contributed by atoms with Crippen LogP contribution in [-0.4, -0.2) is 5.38 Å². The zero-order valence-corrected chi connectivity index (χ0v) is 9.81. The van der Waals surface area contributed by atoms with Crippen LogP contribution in [0.2, 0.25) is 0 Å². The van der Waals surface area contributed by atoms with Gasteiger partial charge in [-0.15, -0.1) is 11.6 Å². The van der Waals surface area contributed by atoms with E-state index in [2.05, 4.69) is 0 Å². The summed E-state index contributed by atoms with van der Waals surface area (Å²) in [4.78, 5) is 0. The molecule has 2 rings (SSSR count). The number of alkyl halides is 1. The van der Waals surface area contributed by atoms with Gasteiger partial charge in [0.05, 0.1) is 0 Å². The van der Waals surface area contributed by atoms with Crippen molar-refractivity contribution in [3.8, 4) is 0 Å². The monoisotopic (exact) mass is 244 g/mol. The maximum absolute atomic E-state index is 13.4. The van der Waals surface area contributed by atoms with Crippen molar-refractivity contribution in [2.45, 2.75) is 37.5 Å². The lowest BCUT2D eigenvalue weighted by molar-refractivity contribution is 0.357. The second-order valence-electron chi connectivity index (χ2n) is 4.57. The van der Waals surface area contributed by atoms with Gasteiger partial charge in [0.25, 0.3) is 0 Å². The van der Waals surface area contributed by atoms with Crippen molar-refractivity contribution in [1.82, 2.24) is 0 Å². The molecule has 88 valence electrons. The van der Waals surface area contributed by atoms with Crippen LogP contribution in [0.4, 0.5) is 8.78 Å². The summed E-state index contributed by atoms with van der Waals surface area (Å²) < 4.78 is 26.4. The first-order valence-electron chi connectivity index (χ1n) is 5.73. The fraction of sp³-hybridized carbons (Fsp3) is 0.538. The van der Waals surface area contributed by atoms with E-state index in [-0.39, 0.29) is 17.0 Å². The van der Waals surface area contributed by atoms with Crippen LogP contribution in [0.1, 0.15) is 31.2 Å². The van der Waals surface area contributed by atoms with Crippen molar-refractivity contribution in [2.24, 2.45) is 5.92 Å². The van der Waals surface area contributed by atoms with Gasteiger partial charge >= 0.3 is 0 Å². The SMILES string of the molecule is Fc1ccc(F)c(CC2CCCC(Cl)C2)c1. The van der Waals surface area contributed by atoms with Crippen LogP contribution >= 0.6 is 11.6 Å². The molecule has 0 aliphatic heterocycles. The smallest absolute Gasteiger partial charge is 0.126 e. The number of benzene rings is 1. The van der Waals surface area contributed by atoms with Gasteiger partial charge in [0.1, 0.15) is 11.6 Å². The molecule has 1 aromatic carbocycles. The minimum atomic E-state index is -0.366. The van der Waals surface area contributed by atoms with E-state index < -0.39 is 0 Å². The Morgan fingerprint density at radius 2 is 2.06 bits per heavy atom. The number of hydrogen-bond acceptors (Lipinski definition) is 0. The molecule has 1 fully saturated rings. The van der Waals surface area contributed by atoms with Crippen molar-refractivity contribution in [3.05, 3.63) is 35.4 Å². The lowest BCUT2D eigenvalue weighted by Gasteiger charge is -2.25. The van der Waals surface area contributed by atoms with Gasteiger partial charge in [-0.3, -0.25) is 0 Å². The van der Waals surface area contributed by atoms with Gasteiger partial charge in [0, 0.05) is 5.38 Å². The topological polar surface area (TPSA) is 0 Å². The predicted octanol–water partition coefficient (Wildman–Crippen LogP) is 4.30. The van der Waals surface area contributed by atoms with Gasteiger partial charge in [-0.05, 0) is 48.9 Å². The summed E-state index contributed by atoms with van der Waals surface area (Å²) in [6.45, 7) is 0. The molecule has 1 aromatic rings. The van der Waals surface area contributed by atoms with E-state index in [1.54, 1.807) is 0 Å². The van der Waals surface area contributed by atoms with E-state index in [1.165, 1.54) is 12.1 Å². The fourth-order valence-corrected chi connectivity index (χ4v) is 2.83. The van der Waals surface area contributed by atoms with Crippen LogP contribution in [0.3, 0.4) is 0 Å². The molecule has 0 heterocycles. The number of hydrogen-bond donors (Lipinski definition) is 0. The van der Waals surface area contributed by atoms with E-state index >= 15 is 0 Å². The van der Waals surface area contributed by atoms with Crippen LogP contribution < -0.4 is 0 Å². The summed E-state index contributed by atoms with van der Waals surface area (Å²) >= 11 is 6.08. The van der Waals surface area contributed by atoms with Gasteiger partial charge in [0.2, 0.25) is 0 Å². The van der Waals surface area contributed by atoms with E-state index in [0.717, 1.165) is 31.7 Å². The van der Waals surface area contributed by atoms with E-state index in [9.17, 15) is 8.78 Å². The van der Waals surface area contributed by atoms with Gasteiger partial charge in [-0.2, -0.15) is 0 Å². The first-order valence-corrected chi connectivity index (χ1v) is 6.17. The lowest BCUT2D eigenvalue weighted by atomic mass is 9.84. The predicted molar refractivity (Wildman–Crippen MR) is 61.7 cm³/mol. The molecular formula is C13H15ClF2. The third kappa shape index (κ3) is 2.94. The molecule has 2 unspecified atom stereocenters. The Labute approximate surface area is 99.6 Å². The summed E-state index contributed by atoms with van der Waals surface area (Å²) in [5.41, 5.74) is 0.482. The minimum absolute atomic E-state index is 0.204. The molecule has 0 aromatic heterocycles. The van der Waals surface area contributed by atoms with Gasteiger partial charge in [-0.1, -0.05) is 12.8 Å². The van der Waals surface area contributed by atoms with Crippen LogP contribution in [0.15, 0.2) is 18.2 Å². The fourth-order valence-electron chi connectivity index (χ4n) is 2.42. The van der Waals surface area contributed by atoms with Crippen LogP contribution in [0.25, 0.3) is 0 Å². The molecule has 0 N–H and O–H groups in total. The molecule has 2 atom stereocenters. The highest BCUT2D eigenvalue weighted by atomic mass is 35.5.